The number of amides is 1. The predicted molar refractivity (Wildman–Crippen MR) is 73.0 cm³/mol. The van der Waals surface area contributed by atoms with E-state index in [2.05, 4.69) is 25.9 Å². The standard InChI is InChI=1S/C12H16N6O2/c1-3-4-9-5-8(6-10(14-9)16-13)11(19)15-12-18-17-7(2)20-12/h5-6H,3-4,13H2,1-2H3,(H,14,16)(H,15,18,19). The second kappa shape index (κ2) is 6.11. The fourth-order valence-electron chi connectivity index (χ4n) is 1.69. The second-order valence-corrected chi connectivity index (χ2v) is 4.21. The van der Waals surface area contributed by atoms with Crippen molar-refractivity contribution in [2.75, 3.05) is 10.7 Å². The molecule has 106 valence electrons. The average molecular weight is 276 g/mol. The van der Waals surface area contributed by atoms with Crippen molar-refractivity contribution in [3.63, 3.8) is 0 Å². The van der Waals surface area contributed by atoms with E-state index in [4.69, 9.17) is 10.3 Å². The summed E-state index contributed by atoms with van der Waals surface area (Å²) in [4.78, 5) is 16.4. The minimum absolute atomic E-state index is 0.0589. The van der Waals surface area contributed by atoms with Crippen LogP contribution in [0, 0.1) is 6.92 Å². The molecule has 0 bridgehead atoms. The Hall–Kier alpha value is -2.48. The van der Waals surface area contributed by atoms with E-state index >= 15 is 0 Å². The van der Waals surface area contributed by atoms with Crippen molar-refractivity contribution >= 4 is 17.7 Å². The molecule has 0 saturated carbocycles. The Balaban J connectivity index is 2.21. The quantitative estimate of drug-likeness (QED) is 0.555. The van der Waals surface area contributed by atoms with Crippen LogP contribution in [0.5, 0.6) is 0 Å². The van der Waals surface area contributed by atoms with Crippen LogP contribution in [-0.4, -0.2) is 21.1 Å². The van der Waals surface area contributed by atoms with Crippen LogP contribution < -0.4 is 16.6 Å². The summed E-state index contributed by atoms with van der Waals surface area (Å²) in [6.07, 6.45) is 1.68. The maximum Gasteiger partial charge on any atom is 0.322 e. The maximum atomic E-state index is 12.1. The molecule has 0 radical (unpaired) electrons. The van der Waals surface area contributed by atoms with Gasteiger partial charge < -0.3 is 9.84 Å². The monoisotopic (exact) mass is 276 g/mol. The molecule has 2 heterocycles. The Kier molecular flexibility index (Phi) is 4.26. The van der Waals surface area contributed by atoms with E-state index in [0.29, 0.717) is 17.3 Å². The number of aromatic nitrogens is 3. The minimum atomic E-state index is -0.357. The summed E-state index contributed by atoms with van der Waals surface area (Å²) in [5, 5.41) is 9.87. The summed E-state index contributed by atoms with van der Waals surface area (Å²) >= 11 is 0. The first kappa shape index (κ1) is 13.9. The van der Waals surface area contributed by atoms with Crippen LogP contribution in [0.1, 0.15) is 35.3 Å². The number of rotatable bonds is 5. The number of pyridine rings is 1. The van der Waals surface area contributed by atoms with Gasteiger partial charge >= 0.3 is 6.01 Å². The summed E-state index contributed by atoms with van der Waals surface area (Å²) in [5.41, 5.74) is 3.66. The largest absolute Gasteiger partial charge is 0.408 e. The highest BCUT2D eigenvalue weighted by Crippen LogP contribution is 2.13. The van der Waals surface area contributed by atoms with Crippen LogP contribution in [0.15, 0.2) is 16.5 Å². The number of carbonyl (C=O) groups excluding carboxylic acids is 1. The molecule has 0 atom stereocenters. The molecular weight excluding hydrogens is 260 g/mol. The summed E-state index contributed by atoms with van der Waals surface area (Å²) in [6.45, 7) is 3.68. The molecule has 2 rings (SSSR count). The zero-order valence-corrected chi connectivity index (χ0v) is 11.3. The fourth-order valence-corrected chi connectivity index (χ4v) is 1.69. The van der Waals surface area contributed by atoms with Gasteiger partial charge in [-0.25, -0.2) is 10.8 Å². The first-order valence-corrected chi connectivity index (χ1v) is 6.21. The van der Waals surface area contributed by atoms with Gasteiger partial charge in [-0.3, -0.25) is 10.1 Å². The van der Waals surface area contributed by atoms with Crippen LogP contribution in [-0.2, 0) is 6.42 Å². The van der Waals surface area contributed by atoms with Crippen LogP contribution in [0.2, 0.25) is 0 Å². The van der Waals surface area contributed by atoms with Crippen molar-refractivity contribution in [3.8, 4) is 0 Å². The van der Waals surface area contributed by atoms with Gasteiger partial charge in [0.2, 0.25) is 5.89 Å². The van der Waals surface area contributed by atoms with Gasteiger partial charge in [-0.15, -0.1) is 5.10 Å². The van der Waals surface area contributed by atoms with Gasteiger partial charge in [-0.05, 0) is 18.6 Å². The number of anilines is 2. The lowest BCUT2D eigenvalue weighted by molar-refractivity contribution is 0.102. The maximum absolute atomic E-state index is 12.1. The van der Waals surface area contributed by atoms with Crippen LogP contribution >= 0.6 is 0 Å². The lowest BCUT2D eigenvalue weighted by Gasteiger charge is -2.07. The van der Waals surface area contributed by atoms with Gasteiger partial charge in [0.15, 0.2) is 0 Å². The summed E-state index contributed by atoms with van der Waals surface area (Å²) in [5.74, 6) is 5.81. The number of hydrogen-bond donors (Lipinski definition) is 3. The molecule has 0 unspecified atom stereocenters. The number of nitrogens with zero attached hydrogens (tertiary/aromatic N) is 3. The van der Waals surface area contributed by atoms with Gasteiger partial charge in [0.05, 0.1) is 0 Å². The van der Waals surface area contributed by atoms with Gasteiger partial charge in [0.1, 0.15) is 5.82 Å². The van der Waals surface area contributed by atoms with E-state index in [1.54, 1.807) is 19.1 Å². The highest BCUT2D eigenvalue weighted by atomic mass is 16.4. The van der Waals surface area contributed by atoms with Crippen LogP contribution in [0.25, 0.3) is 0 Å². The molecule has 4 N–H and O–H groups in total. The zero-order chi connectivity index (χ0) is 14.5. The molecule has 8 heteroatoms. The molecule has 1 amide bonds. The molecule has 2 aromatic rings. The Bertz CT molecular complexity index is 610. The third-order valence-electron chi connectivity index (χ3n) is 2.54. The van der Waals surface area contributed by atoms with Gasteiger partial charge in [0, 0.05) is 18.2 Å². The third-order valence-corrected chi connectivity index (χ3v) is 2.54. The molecule has 20 heavy (non-hydrogen) atoms. The average Bonchev–Trinajstić information content (AvgIpc) is 2.84. The van der Waals surface area contributed by atoms with E-state index in [1.165, 1.54) is 0 Å². The summed E-state index contributed by atoms with van der Waals surface area (Å²) in [6, 6.07) is 3.32. The Morgan fingerprint density at radius 1 is 1.40 bits per heavy atom. The third kappa shape index (κ3) is 3.29. The molecule has 0 saturated heterocycles. The molecule has 0 aliphatic carbocycles. The number of hydrogen-bond acceptors (Lipinski definition) is 7. The van der Waals surface area contributed by atoms with Crippen molar-refractivity contribution in [1.29, 1.82) is 0 Å². The van der Waals surface area contributed by atoms with Crippen molar-refractivity contribution < 1.29 is 9.21 Å². The lowest BCUT2D eigenvalue weighted by Crippen LogP contribution is -2.15. The molecule has 2 aromatic heterocycles. The number of nitrogens with two attached hydrogens (primary N) is 1. The first-order chi connectivity index (χ1) is 9.62. The van der Waals surface area contributed by atoms with E-state index in [9.17, 15) is 4.79 Å². The van der Waals surface area contributed by atoms with E-state index in [0.717, 1.165) is 18.5 Å². The number of hydrazine groups is 1. The van der Waals surface area contributed by atoms with Crippen molar-refractivity contribution in [2.45, 2.75) is 26.7 Å². The Morgan fingerprint density at radius 3 is 2.80 bits per heavy atom. The molecule has 0 aliphatic rings. The molecule has 0 fully saturated rings. The van der Waals surface area contributed by atoms with E-state index in [1.807, 2.05) is 6.92 Å². The molecule has 0 aliphatic heterocycles. The predicted octanol–water partition coefficient (Wildman–Crippen LogP) is 1.26. The van der Waals surface area contributed by atoms with Gasteiger partial charge in [-0.1, -0.05) is 18.4 Å². The lowest BCUT2D eigenvalue weighted by atomic mass is 10.1. The van der Waals surface area contributed by atoms with Crippen molar-refractivity contribution in [1.82, 2.24) is 15.2 Å². The Labute approximate surface area is 115 Å². The summed E-state index contributed by atoms with van der Waals surface area (Å²) < 4.78 is 5.10. The number of nitrogens with one attached hydrogen (secondary N) is 2. The molecular formula is C12H16N6O2. The summed E-state index contributed by atoms with van der Waals surface area (Å²) in [7, 11) is 0. The highest BCUT2D eigenvalue weighted by molar-refractivity contribution is 6.03. The van der Waals surface area contributed by atoms with Crippen LogP contribution in [0.4, 0.5) is 11.8 Å². The topological polar surface area (TPSA) is 119 Å². The van der Waals surface area contributed by atoms with E-state index in [-0.39, 0.29) is 11.9 Å². The van der Waals surface area contributed by atoms with Crippen molar-refractivity contribution in [3.05, 3.63) is 29.3 Å². The molecule has 0 spiro atoms. The number of aryl methyl sites for hydroxylation is 2. The number of nitrogen functional groups attached to an aromatic ring is 1. The van der Waals surface area contributed by atoms with Gasteiger partial charge in [-0.2, -0.15) is 0 Å². The normalized spacial score (nSPS) is 10.3. The molecule has 0 aromatic carbocycles. The number of carbonyl (C=O) groups is 1. The fraction of sp³-hybridized carbons (Fsp3) is 0.333. The Morgan fingerprint density at radius 2 is 2.20 bits per heavy atom. The second-order valence-electron chi connectivity index (χ2n) is 4.21. The highest BCUT2D eigenvalue weighted by Gasteiger charge is 2.12. The zero-order valence-electron chi connectivity index (χ0n) is 11.3. The minimum Gasteiger partial charge on any atom is -0.408 e. The van der Waals surface area contributed by atoms with Gasteiger partial charge in [0.25, 0.3) is 5.91 Å². The van der Waals surface area contributed by atoms with Crippen molar-refractivity contribution in [2.24, 2.45) is 5.84 Å². The van der Waals surface area contributed by atoms with Crippen LogP contribution in [0.3, 0.4) is 0 Å². The molecule has 8 nitrogen and oxygen atoms in total. The smallest absolute Gasteiger partial charge is 0.322 e. The SMILES string of the molecule is CCCc1cc(C(=O)Nc2nnc(C)o2)cc(NN)n1. The van der Waals surface area contributed by atoms with E-state index < -0.39 is 0 Å². The first-order valence-electron chi connectivity index (χ1n) is 6.21.